The lowest BCUT2D eigenvalue weighted by molar-refractivity contribution is -0.139. The summed E-state index contributed by atoms with van der Waals surface area (Å²) in [5.41, 5.74) is -0.492. The fraction of sp³-hybridized carbons (Fsp3) is 0.368. The number of rotatable bonds is 5. The summed E-state index contributed by atoms with van der Waals surface area (Å²) in [6, 6.07) is 2.20. The Morgan fingerprint density at radius 3 is 2.36 bits per heavy atom. The number of hydrogen-bond donors (Lipinski definition) is 1. The van der Waals surface area contributed by atoms with Crippen LogP contribution in [0.25, 0.3) is 0 Å². The van der Waals surface area contributed by atoms with E-state index in [1.165, 1.54) is 0 Å². The molecular formula is C19H20F4N2O3. The Labute approximate surface area is 159 Å². The summed E-state index contributed by atoms with van der Waals surface area (Å²) in [6.07, 6.45) is -4.89. The van der Waals surface area contributed by atoms with Crippen LogP contribution in [0.2, 0.25) is 0 Å². The van der Waals surface area contributed by atoms with Crippen LogP contribution in [0.1, 0.15) is 51.5 Å². The minimum atomic E-state index is -4.89. The second-order valence-corrected chi connectivity index (χ2v) is 6.05. The first-order chi connectivity index (χ1) is 13.0. The molecule has 0 unspecified atom stereocenters. The highest BCUT2D eigenvalue weighted by molar-refractivity contribution is 6.08. The number of nitrogens with zero attached hydrogens (tertiary/aromatic N) is 1. The number of carbonyl (C=O) groups is 2. The summed E-state index contributed by atoms with van der Waals surface area (Å²) in [5.74, 6) is -2.72. The Morgan fingerprint density at radius 1 is 1.18 bits per heavy atom. The van der Waals surface area contributed by atoms with Crippen LogP contribution in [0.3, 0.4) is 0 Å². The molecule has 1 heterocycles. The van der Waals surface area contributed by atoms with Crippen molar-refractivity contribution in [2.75, 3.05) is 11.9 Å². The van der Waals surface area contributed by atoms with Gasteiger partial charge in [-0.2, -0.15) is 13.2 Å². The van der Waals surface area contributed by atoms with E-state index in [0.29, 0.717) is 29.9 Å². The van der Waals surface area contributed by atoms with Gasteiger partial charge in [0.2, 0.25) is 0 Å². The van der Waals surface area contributed by atoms with E-state index in [-0.39, 0.29) is 23.6 Å². The van der Waals surface area contributed by atoms with Crippen LogP contribution in [0.4, 0.5) is 23.2 Å². The normalized spacial score (nSPS) is 11.4. The number of halogens is 4. The molecule has 2 aromatic rings. The number of amides is 1. The van der Waals surface area contributed by atoms with Gasteiger partial charge in [0.15, 0.2) is 0 Å². The van der Waals surface area contributed by atoms with Crippen LogP contribution in [0.5, 0.6) is 0 Å². The predicted molar refractivity (Wildman–Crippen MR) is 94.9 cm³/mol. The van der Waals surface area contributed by atoms with Gasteiger partial charge in [0.1, 0.15) is 11.5 Å². The number of nitrogens with one attached hydrogen (secondary N) is 1. The molecule has 0 saturated carbocycles. The monoisotopic (exact) mass is 400 g/mol. The van der Waals surface area contributed by atoms with Crippen molar-refractivity contribution >= 4 is 17.6 Å². The summed E-state index contributed by atoms with van der Waals surface area (Å²) in [4.78, 5) is 25.0. The van der Waals surface area contributed by atoms with E-state index in [1.807, 2.05) is 0 Å². The lowest BCUT2D eigenvalue weighted by Crippen LogP contribution is -2.16. The molecule has 1 aromatic heterocycles. The molecule has 2 rings (SSSR count). The number of alkyl halides is 3. The first-order valence-electron chi connectivity index (χ1n) is 8.57. The molecule has 28 heavy (non-hydrogen) atoms. The smallest absolute Gasteiger partial charge is 0.419 e. The quantitative estimate of drug-likeness (QED) is 0.584. The SMILES string of the molecule is CCOC(=O)c1c(C)c(C(=O)Nc2ccc(F)c(C(F)(F)F)c2)c(C)n1CC. The number of anilines is 1. The Bertz CT molecular complexity index is 917. The molecule has 9 heteroatoms. The van der Waals surface area contributed by atoms with Crippen molar-refractivity contribution in [1.29, 1.82) is 0 Å². The standard InChI is InChI=1S/C19H20F4N2O3/c1-5-25-11(4)15(10(3)16(25)18(27)28-6-2)17(26)24-12-7-8-14(20)13(9-12)19(21,22)23/h7-9H,5-6H2,1-4H3,(H,24,26). The van der Waals surface area contributed by atoms with Gasteiger partial charge in [-0.1, -0.05) is 0 Å². The van der Waals surface area contributed by atoms with E-state index in [2.05, 4.69) is 5.32 Å². The third kappa shape index (κ3) is 4.02. The highest BCUT2D eigenvalue weighted by Gasteiger charge is 2.34. The van der Waals surface area contributed by atoms with Crippen molar-refractivity contribution in [1.82, 2.24) is 4.57 Å². The zero-order valence-corrected chi connectivity index (χ0v) is 15.8. The van der Waals surface area contributed by atoms with Crippen molar-refractivity contribution in [3.05, 3.63) is 52.1 Å². The second-order valence-electron chi connectivity index (χ2n) is 6.05. The molecule has 0 saturated heterocycles. The van der Waals surface area contributed by atoms with Crippen molar-refractivity contribution < 1.29 is 31.9 Å². The second kappa shape index (κ2) is 8.04. The molecule has 1 N–H and O–H groups in total. The summed E-state index contributed by atoms with van der Waals surface area (Å²) in [6.45, 7) is 7.17. The van der Waals surface area contributed by atoms with Crippen LogP contribution >= 0.6 is 0 Å². The van der Waals surface area contributed by atoms with Gasteiger partial charge in [0.25, 0.3) is 5.91 Å². The van der Waals surface area contributed by atoms with Crippen LogP contribution in [0, 0.1) is 19.7 Å². The van der Waals surface area contributed by atoms with E-state index >= 15 is 0 Å². The molecule has 0 bridgehead atoms. The predicted octanol–water partition coefficient (Wildman–Crippen LogP) is 4.71. The number of esters is 1. The fourth-order valence-electron chi connectivity index (χ4n) is 3.10. The molecule has 5 nitrogen and oxygen atoms in total. The number of carbonyl (C=O) groups excluding carboxylic acids is 2. The number of benzene rings is 1. The topological polar surface area (TPSA) is 60.3 Å². The molecule has 152 valence electrons. The molecule has 0 radical (unpaired) electrons. The Balaban J connectivity index is 2.44. The van der Waals surface area contributed by atoms with Crippen molar-refractivity contribution in [3.8, 4) is 0 Å². The third-order valence-corrected chi connectivity index (χ3v) is 4.31. The Hall–Kier alpha value is -2.84. The van der Waals surface area contributed by atoms with Gasteiger partial charge in [-0.3, -0.25) is 4.79 Å². The minimum Gasteiger partial charge on any atom is -0.461 e. The summed E-state index contributed by atoms with van der Waals surface area (Å²) in [7, 11) is 0. The Morgan fingerprint density at radius 2 is 1.82 bits per heavy atom. The van der Waals surface area contributed by atoms with E-state index in [1.54, 1.807) is 32.3 Å². The van der Waals surface area contributed by atoms with Gasteiger partial charge in [0, 0.05) is 17.9 Å². The molecular weight excluding hydrogens is 380 g/mol. The number of ether oxygens (including phenoxy) is 1. The third-order valence-electron chi connectivity index (χ3n) is 4.31. The summed E-state index contributed by atoms with van der Waals surface area (Å²) in [5, 5.41) is 2.34. The van der Waals surface area contributed by atoms with Crippen LogP contribution in [-0.4, -0.2) is 23.1 Å². The van der Waals surface area contributed by atoms with E-state index < -0.39 is 29.4 Å². The van der Waals surface area contributed by atoms with Gasteiger partial charge in [0.05, 0.1) is 17.7 Å². The molecule has 1 amide bonds. The fourth-order valence-corrected chi connectivity index (χ4v) is 3.10. The largest absolute Gasteiger partial charge is 0.461 e. The maximum Gasteiger partial charge on any atom is 0.419 e. The molecule has 0 spiro atoms. The van der Waals surface area contributed by atoms with E-state index in [4.69, 9.17) is 4.74 Å². The number of hydrogen-bond acceptors (Lipinski definition) is 3. The maximum absolute atomic E-state index is 13.4. The molecule has 0 atom stereocenters. The van der Waals surface area contributed by atoms with Crippen LogP contribution < -0.4 is 5.32 Å². The average molecular weight is 400 g/mol. The molecule has 0 aliphatic carbocycles. The van der Waals surface area contributed by atoms with Gasteiger partial charge >= 0.3 is 12.1 Å². The lowest BCUT2D eigenvalue weighted by atomic mass is 10.1. The van der Waals surface area contributed by atoms with Crippen LogP contribution in [-0.2, 0) is 17.5 Å². The molecule has 0 aliphatic heterocycles. The zero-order chi connectivity index (χ0) is 21.2. The highest BCUT2D eigenvalue weighted by atomic mass is 19.4. The lowest BCUT2D eigenvalue weighted by Gasteiger charge is -2.11. The van der Waals surface area contributed by atoms with Gasteiger partial charge < -0.3 is 14.6 Å². The highest BCUT2D eigenvalue weighted by Crippen LogP contribution is 2.33. The van der Waals surface area contributed by atoms with Crippen molar-refractivity contribution in [3.63, 3.8) is 0 Å². The van der Waals surface area contributed by atoms with E-state index in [0.717, 1.165) is 6.07 Å². The Kier molecular flexibility index (Phi) is 6.16. The molecule has 0 fully saturated rings. The van der Waals surface area contributed by atoms with Crippen LogP contribution in [0.15, 0.2) is 18.2 Å². The summed E-state index contributed by atoms with van der Waals surface area (Å²) < 4.78 is 58.7. The maximum atomic E-state index is 13.4. The van der Waals surface area contributed by atoms with Gasteiger partial charge in [-0.05, 0) is 51.5 Å². The van der Waals surface area contributed by atoms with Crippen molar-refractivity contribution in [2.45, 2.75) is 40.4 Å². The number of aromatic nitrogens is 1. The van der Waals surface area contributed by atoms with Crippen molar-refractivity contribution in [2.24, 2.45) is 0 Å². The molecule has 1 aromatic carbocycles. The van der Waals surface area contributed by atoms with Gasteiger partial charge in [-0.25, -0.2) is 9.18 Å². The zero-order valence-electron chi connectivity index (χ0n) is 15.8. The van der Waals surface area contributed by atoms with Gasteiger partial charge in [-0.15, -0.1) is 0 Å². The first-order valence-corrected chi connectivity index (χ1v) is 8.57. The average Bonchev–Trinajstić information content (AvgIpc) is 2.85. The first kappa shape index (κ1) is 21.5. The van der Waals surface area contributed by atoms with E-state index in [9.17, 15) is 27.2 Å². The molecule has 0 aliphatic rings. The summed E-state index contributed by atoms with van der Waals surface area (Å²) >= 11 is 0. The minimum absolute atomic E-state index is 0.155.